The van der Waals surface area contributed by atoms with Crippen molar-refractivity contribution < 1.29 is 0 Å². The maximum atomic E-state index is 6.14. The molecule has 0 radical (unpaired) electrons. The van der Waals surface area contributed by atoms with Crippen molar-refractivity contribution in [3.05, 3.63) is 35.4 Å². The van der Waals surface area contributed by atoms with Crippen LogP contribution >= 0.6 is 0 Å². The fourth-order valence-electron chi connectivity index (χ4n) is 3.93. The van der Waals surface area contributed by atoms with Gasteiger partial charge >= 0.3 is 0 Å². The average molecular weight is 287 g/mol. The van der Waals surface area contributed by atoms with E-state index in [1.54, 1.807) is 0 Å². The van der Waals surface area contributed by atoms with Crippen molar-refractivity contribution in [3.8, 4) is 0 Å². The van der Waals surface area contributed by atoms with Crippen LogP contribution in [0.25, 0.3) is 0 Å². The van der Waals surface area contributed by atoms with Gasteiger partial charge in [-0.3, -0.25) is 4.90 Å². The first kappa shape index (κ1) is 15.0. The van der Waals surface area contributed by atoms with Crippen LogP contribution in [0.1, 0.15) is 43.2 Å². The van der Waals surface area contributed by atoms with Crippen molar-refractivity contribution in [1.29, 1.82) is 0 Å². The smallest absolute Gasteiger partial charge is 0.0234 e. The van der Waals surface area contributed by atoms with E-state index in [4.69, 9.17) is 5.73 Å². The Balaban J connectivity index is 1.67. The van der Waals surface area contributed by atoms with Gasteiger partial charge in [0.25, 0.3) is 0 Å². The molecule has 0 bridgehead atoms. The average Bonchev–Trinajstić information content (AvgIpc) is 2.57. The summed E-state index contributed by atoms with van der Waals surface area (Å²) in [7, 11) is 0. The van der Waals surface area contributed by atoms with Crippen LogP contribution in [0.4, 0.5) is 0 Å². The molecule has 1 saturated carbocycles. The van der Waals surface area contributed by atoms with Crippen molar-refractivity contribution >= 4 is 0 Å². The Morgan fingerprint density at radius 3 is 2.29 bits per heavy atom. The summed E-state index contributed by atoms with van der Waals surface area (Å²) in [4.78, 5) is 2.53. The number of benzene rings is 1. The molecule has 0 unspecified atom stereocenters. The Bertz CT molecular complexity index is 428. The monoisotopic (exact) mass is 287 g/mol. The Morgan fingerprint density at radius 2 is 1.67 bits per heavy atom. The van der Waals surface area contributed by atoms with E-state index < -0.39 is 0 Å². The summed E-state index contributed by atoms with van der Waals surface area (Å²) in [6.45, 7) is 6.44. The molecule has 1 aromatic rings. The predicted molar refractivity (Wildman–Crippen MR) is 88.4 cm³/mol. The van der Waals surface area contributed by atoms with E-state index in [2.05, 4.69) is 34.5 Å². The van der Waals surface area contributed by atoms with Gasteiger partial charge in [0, 0.05) is 44.7 Å². The molecule has 1 aliphatic carbocycles. The third kappa shape index (κ3) is 3.47. The maximum Gasteiger partial charge on any atom is 0.0234 e. The first-order chi connectivity index (χ1) is 10.3. The van der Waals surface area contributed by atoms with Gasteiger partial charge in [-0.15, -0.1) is 0 Å². The Hall–Kier alpha value is -0.900. The second-order valence-electron chi connectivity index (χ2n) is 6.77. The second kappa shape index (κ2) is 6.91. The van der Waals surface area contributed by atoms with Gasteiger partial charge in [0.15, 0.2) is 0 Å². The summed E-state index contributed by atoms with van der Waals surface area (Å²) in [5, 5.41) is 3.41. The number of hydrogen-bond donors (Lipinski definition) is 2. The van der Waals surface area contributed by atoms with Gasteiger partial charge in [-0.1, -0.05) is 43.5 Å². The van der Waals surface area contributed by atoms with Crippen LogP contribution in [0.15, 0.2) is 24.3 Å². The molecule has 0 spiro atoms. The molecule has 1 heterocycles. The van der Waals surface area contributed by atoms with Crippen molar-refractivity contribution in [2.45, 2.75) is 44.1 Å². The molecule has 116 valence electrons. The van der Waals surface area contributed by atoms with Crippen molar-refractivity contribution in [1.82, 2.24) is 10.2 Å². The summed E-state index contributed by atoms with van der Waals surface area (Å²) in [5.41, 5.74) is 9.30. The molecule has 1 aromatic carbocycles. The number of piperazine rings is 1. The molecule has 21 heavy (non-hydrogen) atoms. The third-order valence-electron chi connectivity index (χ3n) is 5.38. The highest BCUT2D eigenvalue weighted by molar-refractivity contribution is 5.30. The number of rotatable bonds is 4. The van der Waals surface area contributed by atoms with Crippen LogP contribution in [-0.2, 0) is 12.0 Å². The summed E-state index contributed by atoms with van der Waals surface area (Å²) >= 11 is 0. The number of hydrogen-bond acceptors (Lipinski definition) is 3. The molecular weight excluding hydrogens is 258 g/mol. The van der Waals surface area contributed by atoms with E-state index >= 15 is 0 Å². The van der Waals surface area contributed by atoms with Crippen LogP contribution in [0.5, 0.6) is 0 Å². The topological polar surface area (TPSA) is 41.3 Å². The summed E-state index contributed by atoms with van der Waals surface area (Å²) in [6.07, 6.45) is 6.57. The molecule has 0 amide bonds. The molecule has 3 N–H and O–H groups in total. The molecule has 0 aromatic heterocycles. The fraction of sp³-hybridized carbons (Fsp3) is 0.667. The van der Waals surface area contributed by atoms with E-state index in [9.17, 15) is 0 Å². The lowest BCUT2D eigenvalue weighted by Crippen LogP contribution is -2.42. The fourth-order valence-corrected chi connectivity index (χ4v) is 3.93. The van der Waals surface area contributed by atoms with Crippen LogP contribution in [-0.4, -0.2) is 37.6 Å². The highest BCUT2D eigenvalue weighted by Crippen LogP contribution is 2.38. The van der Waals surface area contributed by atoms with Crippen molar-refractivity contribution in [2.75, 3.05) is 32.7 Å². The number of nitrogens with zero attached hydrogens (tertiary/aromatic N) is 1. The van der Waals surface area contributed by atoms with Gasteiger partial charge in [-0.05, 0) is 24.0 Å². The third-order valence-corrected chi connectivity index (χ3v) is 5.38. The van der Waals surface area contributed by atoms with E-state index in [0.717, 1.165) is 39.3 Å². The minimum absolute atomic E-state index is 0.256. The van der Waals surface area contributed by atoms with Crippen LogP contribution in [0, 0.1) is 0 Å². The molecule has 2 fully saturated rings. The maximum absolute atomic E-state index is 6.14. The molecule has 1 saturated heterocycles. The van der Waals surface area contributed by atoms with Gasteiger partial charge in [0.1, 0.15) is 0 Å². The van der Waals surface area contributed by atoms with Gasteiger partial charge < -0.3 is 11.1 Å². The van der Waals surface area contributed by atoms with E-state index in [0.29, 0.717) is 0 Å². The minimum atomic E-state index is 0.256. The van der Waals surface area contributed by atoms with Crippen molar-refractivity contribution in [2.24, 2.45) is 5.73 Å². The molecule has 3 rings (SSSR count). The van der Waals surface area contributed by atoms with Crippen LogP contribution < -0.4 is 11.1 Å². The van der Waals surface area contributed by atoms with Gasteiger partial charge in [0.2, 0.25) is 0 Å². The van der Waals surface area contributed by atoms with Crippen LogP contribution in [0.2, 0.25) is 0 Å². The molecule has 3 nitrogen and oxygen atoms in total. The zero-order chi connectivity index (χ0) is 14.5. The van der Waals surface area contributed by atoms with Crippen LogP contribution in [0.3, 0.4) is 0 Å². The SMILES string of the molecule is NCC1(c2ccc(CN3CCNCC3)cc2)CCCCC1. The molecular formula is C18H29N3. The zero-order valence-electron chi connectivity index (χ0n) is 13.1. The quantitative estimate of drug-likeness (QED) is 0.892. The van der Waals surface area contributed by atoms with Crippen molar-refractivity contribution in [3.63, 3.8) is 0 Å². The second-order valence-corrected chi connectivity index (χ2v) is 6.77. The standard InChI is InChI=1S/C18H29N3/c19-15-18(8-2-1-3-9-18)17-6-4-16(5-7-17)14-21-12-10-20-11-13-21/h4-7,20H,1-3,8-15,19H2. The number of nitrogens with two attached hydrogens (primary N) is 1. The van der Waals surface area contributed by atoms with E-state index in [1.165, 1.54) is 43.2 Å². The first-order valence-electron chi connectivity index (χ1n) is 8.55. The molecule has 2 aliphatic rings. The largest absolute Gasteiger partial charge is 0.330 e. The summed E-state index contributed by atoms with van der Waals surface area (Å²) in [5.74, 6) is 0. The van der Waals surface area contributed by atoms with Gasteiger partial charge in [0.05, 0.1) is 0 Å². The minimum Gasteiger partial charge on any atom is -0.330 e. The Labute approximate surface area is 128 Å². The highest BCUT2D eigenvalue weighted by atomic mass is 15.2. The predicted octanol–water partition coefficient (Wildman–Crippen LogP) is 2.25. The normalized spacial score (nSPS) is 23.1. The van der Waals surface area contributed by atoms with Gasteiger partial charge in [-0.25, -0.2) is 0 Å². The molecule has 1 aliphatic heterocycles. The zero-order valence-corrected chi connectivity index (χ0v) is 13.1. The Morgan fingerprint density at radius 1 is 1.00 bits per heavy atom. The highest BCUT2D eigenvalue weighted by Gasteiger charge is 2.32. The van der Waals surface area contributed by atoms with E-state index in [-0.39, 0.29) is 5.41 Å². The molecule has 0 atom stereocenters. The van der Waals surface area contributed by atoms with E-state index in [1.807, 2.05) is 0 Å². The molecule has 3 heteroatoms. The summed E-state index contributed by atoms with van der Waals surface area (Å²) < 4.78 is 0. The number of nitrogens with one attached hydrogen (secondary N) is 1. The lowest BCUT2D eigenvalue weighted by atomic mass is 9.69. The first-order valence-corrected chi connectivity index (χ1v) is 8.55. The Kier molecular flexibility index (Phi) is 4.94. The summed E-state index contributed by atoms with van der Waals surface area (Å²) in [6, 6.07) is 9.33. The van der Waals surface area contributed by atoms with Gasteiger partial charge in [-0.2, -0.15) is 0 Å². The lowest BCUT2D eigenvalue weighted by Gasteiger charge is -2.37. The lowest BCUT2D eigenvalue weighted by molar-refractivity contribution is 0.233.